The molecule has 0 aliphatic rings. The van der Waals surface area contributed by atoms with Gasteiger partial charge in [-0.1, -0.05) is 6.07 Å². The van der Waals surface area contributed by atoms with E-state index < -0.39 is 22.4 Å². The number of thiazole rings is 1. The maximum Gasteiger partial charge on any atom is 0.355 e. The molecule has 1 aromatic carbocycles. The highest BCUT2D eigenvalue weighted by atomic mass is 32.1. The summed E-state index contributed by atoms with van der Waals surface area (Å²) in [7, 11) is 0. The molecule has 1 aromatic heterocycles. The van der Waals surface area contributed by atoms with Crippen LogP contribution < -0.4 is 5.32 Å². The molecule has 0 saturated heterocycles. The Kier molecular flexibility index (Phi) is 4.43. The van der Waals surface area contributed by atoms with Crippen LogP contribution >= 0.6 is 11.3 Å². The Morgan fingerprint density at radius 1 is 1.52 bits per heavy atom. The van der Waals surface area contributed by atoms with E-state index in [0.29, 0.717) is 11.4 Å². The van der Waals surface area contributed by atoms with Crippen LogP contribution in [-0.4, -0.2) is 27.5 Å². The molecule has 7 nitrogen and oxygen atoms in total. The van der Waals surface area contributed by atoms with Crippen molar-refractivity contribution in [2.75, 3.05) is 11.9 Å². The fraction of sp³-hybridized carbons (Fsp3) is 0.167. The number of nitrogens with one attached hydrogen (secondary N) is 1. The van der Waals surface area contributed by atoms with E-state index in [-0.39, 0.29) is 17.9 Å². The Bertz CT molecular complexity index is 689. The molecule has 1 heterocycles. The van der Waals surface area contributed by atoms with Gasteiger partial charge >= 0.3 is 11.7 Å². The van der Waals surface area contributed by atoms with Crippen molar-refractivity contribution in [1.29, 1.82) is 0 Å². The Labute approximate surface area is 122 Å². The van der Waals surface area contributed by atoms with Crippen LogP contribution in [0, 0.1) is 15.9 Å². The van der Waals surface area contributed by atoms with Gasteiger partial charge < -0.3 is 10.4 Å². The molecule has 110 valence electrons. The van der Waals surface area contributed by atoms with Gasteiger partial charge in [-0.15, -0.1) is 11.3 Å². The normalized spacial score (nSPS) is 10.3. The molecule has 0 amide bonds. The first-order chi connectivity index (χ1) is 9.99. The van der Waals surface area contributed by atoms with Gasteiger partial charge in [-0.25, -0.2) is 9.78 Å². The molecule has 9 heteroatoms. The van der Waals surface area contributed by atoms with E-state index in [0.717, 1.165) is 6.07 Å². The van der Waals surface area contributed by atoms with E-state index in [2.05, 4.69) is 10.3 Å². The van der Waals surface area contributed by atoms with E-state index in [1.807, 2.05) is 0 Å². The number of carboxylic acid groups (broad SMARTS) is 1. The molecule has 2 rings (SSSR count). The quantitative estimate of drug-likeness (QED) is 0.627. The van der Waals surface area contributed by atoms with Crippen LogP contribution in [0.2, 0.25) is 0 Å². The number of carboxylic acids is 1. The van der Waals surface area contributed by atoms with Crippen molar-refractivity contribution in [1.82, 2.24) is 4.98 Å². The highest BCUT2D eigenvalue weighted by Crippen LogP contribution is 2.27. The summed E-state index contributed by atoms with van der Waals surface area (Å²) < 4.78 is 13.4. The number of halogens is 1. The van der Waals surface area contributed by atoms with Crippen LogP contribution in [0.25, 0.3) is 0 Å². The summed E-state index contributed by atoms with van der Waals surface area (Å²) in [5.41, 5.74) is -0.565. The smallest absolute Gasteiger partial charge is 0.355 e. The zero-order valence-electron chi connectivity index (χ0n) is 10.6. The summed E-state index contributed by atoms with van der Waals surface area (Å²) in [4.78, 5) is 24.6. The molecular weight excluding hydrogens is 301 g/mol. The van der Waals surface area contributed by atoms with Crippen molar-refractivity contribution in [3.63, 3.8) is 0 Å². The molecule has 0 saturated carbocycles. The van der Waals surface area contributed by atoms with Crippen LogP contribution in [0.1, 0.15) is 15.5 Å². The van der Waals surface area contributed by atoms with E-state index in [9.17, 15) is 19.3 Å². The monoisotopic (exact) mass is 311 g/mol. The number of benzene rings is 1. The maximum absolute atomic E-state index is 13.4. The second-order valence-corrected chi connectivity index (χ2v) is 4.94. The molecule has 21 heavy (non-hydrogen) atoms. The van der Waals surface area contributed by atoms with Crippen molar-refractivity contribution in [3.05, 3.63) is 50.2 Å². The minimum absolute atomic E-state index is 0.0354. The number of nitrogens with zero attached hydrogens (tertiary/aromatic N) is 2. The zero-order valence-corrected chi connectivity index (χ0v) is 11.4. The molecule has 2 aromatic rings. The first-order valence-corrected chi connectivity index (χ1v) is 6.71. The molecule has 0 fully saturated rings. The van der Waals surface area contributed by atoms with Crippen molar-refractivity contribution in [3.8, 4) is 0 Å². The van der Waals surface area contributed by atoms with Gasteiger partial charge in [-0.2, -0.15) is 4.39 Å². The molecule has 0 aliphatic heterocycles. The van der Waals surface area contributed by atoms with Crippen LogP contribution in [0.15, 0.2) is 23.6 Å². The third-order valence-electron chi connectivity index (χ3n) is 2.59. The number of anilines is 1. The number of carbonyl (C=O) groups is 1. The van der Waals surface area contributed by atoms with Crippen LogP contribution in [0.5, 0.6) is 0 Å². The first-order valence-electron chi connectivity index (χ1n) is 5.83. The second-order valence-electron chi connectivity index (χ2n) is 4.00. The Morgan fingerprint density at radius 2 is 2.29 bits per heavy atom. The van der Waals surface area contributed by atoms with E-state index in [4.69, 9.17) is 5.11 Å². The van der Waals surface area contributed by atoms with Crippen molar-refractivity contribution >= 4 is 28.7 Å². The largest absolute Gasteiger partial charge is 0.476 e. The third kappa shape index (κ3) is 3.51. The molecule has 0 spiro atoms. The Balaban J connectivity index is 2.02. The molecule has 0 bridgehead atoms. The Hall–Kier alpha value is -2.55. The number of hydrogen-bond acceptors (Lipinski definition) is 6. The van der Waals surface area contributed by atoms with E-state index in [1.54, 1.807) is 0 Å². The van der Waals surface area contributed by atoms with Gasteiger partial charge in [0.1, 0.15) is 5.69 Å². The van der Waals surface area contributed by atoms with Gasteiger partial charge in [0.15, 0.2) is 5.69 Å². The van der Waals surface area contributed by atoms with Gasteiger partial charge in [0.05, 0.1) is 9.93 Å². The summed E-state index contributed by atoms with van der Waals surface area (Å²) >= 11 is 1.19. The van der Waals surface area contributed by atoms with Gasteiger partial charge in [0.2, 0.25) is 5.82 Å². The number of nitro benzene ring substituents is 1. The number of hydrogen-bond donors (Lipinski definition) is 2. The summed E-state index contributed by atoms with van der Waals surface area (Å²) in [5.74, 6) is -2.02. The molecule has 0 aliphatic carbocycles. The lowest BCUT2D eigenvalue weighted by atomic mass is 10.2. The molecule has 0 atom stereocenters. The topological polar surface area (TPSA) is 105 Å². The van der Waals surface area contributed by atoms with Crippen LogP contribution in [0.4, 0.5) is 15.8 Å². The van der Waals surface area contributed by atoms with Crippen molar-refractivity contribution in [2.45, 2.75) is 6.42 Å². The molecule has 0 unspecified atom stereocenters. The van der Waals surface area contributed by atoms with Crippen LogP contribution in [-0.2, 0) is 6.42 Å². The summed E-state index contributed by atoms with van der Waals surface area (Å²) in [6.07, 6.45) is 0.381. The lowest BCUT2D eigenvalue weighted by molar-refractivity contribution is -0.386. The summed E-state index contributed by atoms with van der Waals surface area (Å²) in [5, 5.41) is 24.3. The standard InChI is InChI=1S/C12H10FN3O4S/c13-7-2-1-3-8(11(7)16(19)20)14-5-4-10-15-9(6-21-10)12(17)18/h1-3,6,14H,4-5H2,(H,17,18). The zero-order chi connectivity index (χ0) is 15.4. The number of aromatic carboxylic acids is 1. The fourth-order valence-electron chi connectivity index (χ4n) is 1.67. The highest BCUT2D eigenvalue weighted by Gasteiger charge is 2.19. The number of nitro groups is 1. The molecule has 2 N–H and O–H groups in total. The van der Waals surface area contributed by atoms with Crippen molar-refractivity contribution in [2.24, 2.45) is 0 Å². The fourth-order valence-corrected chi connectivity index (χ4v) is 2.44. The van der Waals surface area contributed by atoms with Gasteiger partial charge in [0, 0.05) is 18.3 Å². The van der Waals surface area contributed by atoms with E-state index in [1.165, 1.54) is 28.8 Å². The van der Waals surface area contributed by atoms with E-state index >= 15 is 0 Å². The maximum atomic E-state index is 13.4. The lowest BCUT2D eigenvalue weighted by Gasteiger charge is -2.06. The van der Waals surface area contributed by atoms with Crippen molar-refractivity contribution < 1.29 is 19.2 Å². The summed E-state index contributed by atoms with van der Waals surface area (Å²) in [6.45, 7) is 0.275. The summed E-state index contributed by atoms with van der Waals surface area (Å²) in [6, 6.07) is 3.80. The van der Waals surface area contributed by atoms with Crippen LogP contribution in [0.3, 0.4) is 0 Å². The Morgan fingerprint density at radius 3 is 2.90 bits per heavy atom. The SMILES string of the molecule is O=C(O)c1csc(CCNc2cccc(F)c2[N+](=O)[O-])n1. The van der Waals surface area contributed by atoms with Gasteiger partial charge in [-0.05, 0) is 12.1 Å². The number of para-hydroxylation sites is 1. The minimum atomic E-state index is -1.11. The average molecular weight is 311 g/mol. The van der Waals surface area contributed by atoms with Gasteiger partial charge in [-0.3, -0.25) is 10.1 Å². The van der Waals surface area contributed by atoms with Gasteiger partial charge in [0.25, 0.3) is 0 Å². The predicted octanol–water partition coefficient (Wildman–Crippen LogP) is 2.54. The number of aromatic nitrogens is 1. The third-order valence-corrected chi connectivity index (χ3v) is 3.50. The lowest BCUT2D eigenvalue weighted by Crippen LogP contribution is -2.08. The molecule has 0 radical (unpaired) electrons. The number of rotatable bonds is 6. The highest BCUT2D eigenvalue weighted by molar-refractivity contribution is 7.09. The minimum Gasteiger partial charge on any atom is -0.476 e. The second kappa shape index (κ2) is 6.27. The first kappa shape index (κ1) is 14.9. The average Bonchev–Trinajstić information content (AvgIpc) is 2.87. The molecular formula is C12H10FN3O4S. The predicted molar refractivity (Wildman–Crippen MR) is 74.3 cm³/mol.